The van der Waals surface area contributed by atoms with Crippen molar-refractivity contribution in [3.8, 4) is 0 Å². The molecule has 156 valence electrons. The number of amides is 2. The number of fused-ring (bicyclic) bond motifs is 1. The molecule has 0 saturated carbocycles. The Hall–Kier alpha value is -3.07. The minimum absolute atomic E-state index is 0.197. The van der Waals surface area contributed by atoms with Crippen LogP contribution >= 0.6 is 0 Å². The summed E-state index contributed by atoms with van der Waals surface area (Å²) in [5.41, 5.74) is 2.43. The van der Waals surface area contributed by atoms with E-state index in [0.717, 1.165) is 21.4 Å². The van der Waals surface area contributed by atoms with Crippen LogP contribution < -0.4 is 10.2 Å². The molecule has 2 amide bonds. The minimum atomic E-state index is -0.537. The fourth-order valence-electron chi connectivity index (χ4n) is 3.50. The molecule has 3 N–H and O–H groups in total. The molecule has 0 atom stereocenters. The number of aromatic nitrogens is 1. The van der Waals surface area contributed by atoms with Gasteiger partial charge in [0, 0.05) is 10.9 Å². The van der Waals surface area contributed by atoms with E-state index in [1.165, 1.54) is 7.11 Å². The lowest BCUT2D eigenvalue weighted by Crippen LogP contribution is -3.15. The van der Waals surface area contributed by atoms with E-state index in [-0.39, 0.29) is 24.2 Å². The SMILES string of the molecule is CCOC(=O)N1CC[NH+](CC(=O)Nc2c(C(=O)OC)[nH]c3ccc(C)cc23)CC1. The van der Waals surface area contributed by atoms with Gasteiger partial charge in [-0.3, -0.25) is 9.69 Å². The van der Waals surface area contributed by atoms with Gasteiger partial charge in [-0.1, -0.05) is 11.6 Å². The number of piperazine rings is 1. The van der Waals surface area contributed by atoms with Gasteiger partial charge in [-0.15, -0.1) is 0 Å². The molecule has 3 rings (SSSR count). The second-order valence-electron chi connectivity index (χ2n) is 7.08. The molecule has 0 bridgehead atoms. The lowest BCUT2D eigenvalue weighted by molar-refractivity contribution is -0.895. The van der Waals surface area contributed by atoms with Gasteiger partial charge in [-0.2, -0.15) is 0 Å². The van der Waals surface area contributed by atoms with Gasteiger partial charge in [0.25, 0.3) is 5.91 Å². The maximum absolute atomic E-state index is 12.7. The van der Waals surface area contributed by atoms with Crippen LogP contribution in [0.2, 0.25) is 0 Å². The van der Waals surface area contributed by atoms with Crippen molar-refractivity contribution in [2.75, 3.05) is 51.8 Å². The molecule has 2 aromatic rings. The van der Waals surface area contributed by atoms with Gasteiger partial charge >= 0.3 is 12.1 Å². The number of H-pyrrole nitrogens is 1. The first kappa shape index (κ1) is 20.7. The van der Waals surface area contributed by atoms with Crippen molar-refractivity contribution < 1.29 is 28.8 Å². The van der Waals surface area contributed by atoms with E-state index in [1.54, 1.807) is 11.8 Å². The van der Waals surface area contributed by atoms with Crippen LogP contribution in [0.15, 0.2) is 18.2 Å². The number of aryl methyl sites for hydroxylation is 1. The number of rotatable bonds is 5. The average Bonchev–Trinajstić information content (AvgIpc) is 3.05. The zero-order valence-electron chi connectivity index (χ0n) is 17.0. The van der Waals surface area contributed by atoms with Crippen molar-refractivity contribution in [3.05, 3.63) is 29.5 Å². The molecular formula is C20H27N4O5+. The Morgan fingerprint density at radius 2 is 1.97 bits per heavy atom. The highest BCUT2D eigenvalue weighted by molar-refractivity contribution is 6.11. The number of hydrogen-bond donors (Lipinski definition) is 3. The number of nitrogens with zero attached hydrogens (tertiary/aromatic N) is 1. The number of esters is 1. The van der Waals surface area contributed by atoms with Crippen LogP contribution in [0.4, 0.5) is 10.5 Å². The molecule has 0 unspecified atom stereocenters. The third-order valence-electron chi connectivity index (χ3n) is 5.02. The monoisotopic (exact) mass is 403 g/mol. The van der Waals surface area contributed by atoms with Crippen molar-refractivity contribution in [1.29, 1.82) is 0 Å². The zero-order valence-corrected chi connectivity index (χ0v) is 17.0. The Bertz CT molecular complexity index is 915. The first-order chi connectivity index (χ1) is 13.9. The number of benzene rings is 1. The predicted octanol–water partition coefficient (Wildman–Crippen LogP) is 0.558. The van der Waals surface area contributed by atoms with Gasteiger partial charge in [-0.05, 0) is 26.0 Å². The van der Waals surface area contributed by atoms with Gasteiger partial charge in [-0.25, -0.2) is 9.59 Å². The molecule has 29 heavy (non-hydrogen) atoms. The number of quaternary nitrogens is 1. The van der Waals surface area contributed by atoms with Crippen molar-refractivity contribution in [3.63, 3.8) is 0 Å². The summed E-state index contributed by atoms with van der Waals surface area (Å²) in [6.07, 6.45) is -0.312. The Labute approximate surface area is 168 Å². The molecule has 1 fully saturated rings. The predicted molar refractivity (Wildman–Crippen MR) is 107 cm³/mol. The first-order valence-corrected chi connectivity index (χ1v) is 9.68. The lowest BCUT2D eigenvalue weighted by atomic mass is 10.1. The van der Waals surface area contributed by atoms with E-state index in [1.807, 2.05) is 25.1 Å². The minimum Gasteiger partial charge on any atom is -0.464 e. The number of ether oxygens (including phenoxy) is 2. The molecule has 0 radical (unpaired) electrons. The van der Waals surface area contributed by atoms with E-state index < -0.39 is 5.97 Å². The Morgan fingerprint density at radius 3 is 2.62 bits per heavy atom. The summed E-state index contributed by atoms with van der Waals surface area (Å²) in [5.74, 6) is -0.735. The molecule has 1 aliphatic rings. The topological polar surface area (TPSA) is 105 Å². The summed E-state index contributed by atoms with van der Waals surface area (Å²) in [7, 11) is 1.30. The fourth-order valence-corrected chi connectivity index (χ4v) is 3.50. The highest BCUT2D eigenvalue weighted by Crippen LogP contribution is 2.29. The summed E-state index contributed by atoms with van der Waals surface area (Å²) in [4.78, 5) is 42.4. The second kappa shape index (κ2) is 8.95. The van der Waals surface area contributed by atoms with Crippen LogP contribution in [-0.2, 0) is 14.3 Å². The number of carbonyl (C=O) groups excluding carboxylic acids is 3. The van der Waals surface area contributed by atoms with E-state index in [2.05, 4.69) is 10.3 Å². The molecule has 9 heteroatoms. The number of hydrogen-bond acceptors (Lipinski definition) is 5. The van der Waals surface area contributed by atoms with Gasteiger partial charge in [0.1, 0.15) is 5.69 Å². The van der Waals surface area contributed by atoms with E-state index in [0.29, 0.717) is 38.5 Å². The van der Waals surface area contributed by atoms with Crippen LogP contribution in [0.3, 0.4) is 0 Å². The van der Waals surface area contributed by atoms with Gasteiger partial charge < -0.3 is 24.7 Å². The quantitative estimate of drug-likeness (QED) is 0.633. The Balaban J connectivity index is 1.68. The molecule has 0 aliphatic carbocycles. The highest BCUT2D eigenvalue weighted by Gasteiger charge is 2.27. The van der Waals surface area contributed by atoms with Crippen LogP contribution in [-0.4, -0.2) is 74.3 Å². The van der Waals surface area contributed by atoms with Crippen LogP contribution in [0.25, 0.3) is 10.9 Å². The number of aromatic amines is 1. The smallest absolute Gasteiger partial charge is 0.410 e. The Kier molecular flexibility index (Phi) is 6.38. The van der Waals surface area contributed by atoms with E-state index >= 15 is 0 Å². The van der Waals surface area contributed by atoms with Crippen LogP contribution in [0.5, 0.6) is 0 Å². The van der Waals surface area contributed by atoms with Crippen molar-refractivity contribution in [2.24, 2.45) is 0 Å². The zero-order chi connectivity index (χ0) is 21.0. The van der Waals surface area contributed by atoms with Crippen LogP contribution in [0, 0.1) is 6.92 Å². The number of nitrogens with one attached hydrogen (secondary N) is 3. The summed E-state index contributed by atoms with van der Waals surface area (Å²) < 4.78 is 9.86. The third kappa shape index (κ3) is 4.68. The summed E-state index contributed by atoms with van der Waals surface area (Å²) in [6, 6.07) is 5.71. The molecule has 1 aromatic heterocycles. The molecule has 9 nitrogen and oxygen atoms in total. The molecule has 1 saturated heterocycles. The molecule has 1 aromatic carbocycles. The van der Waals surface area contributed by atoms with Crippen LogP contribution in [0.1, 0.15) is 23.0 Å². The van der Waals surface area contributed by atoms with E-state index in [4.69, 9.17) is 9.47 Å². The molecule has 1 aliphatic heterocycles. The second-order valence-corrected chi connectivity index (χ2v) is 7.08. The highest BCUT2D eigenvalue weighted by atomic mass is 16.6. The normalized spacial score (nSPS) is 14.7. The lowest BCUT2D eigenvalue weighted by Gasteiger charge is -2.31. The third-order valence-corrected chi connectivity index (χ3v) is 5.02. The van der Waals surface area contributed by atoms with Crippen molar-refractivity contribution in [2.45, 2.75) is 13.8 Å². The molecule has 2 heterocycles. The first-order valence-electron chi connectivity index (χ1n) is 9.68. The summed E-state index contributed by atoms with van der Waals surface area (Å²) in [5, 5.41) is 3.65. The summed E-state index contributed by atoms with van der Waals surface area (Å²) >= 11 is 0. The van der Waals surface area contributed by atoms with Gasteiger partial charge in [0.15, 0.2) is 6.54 Å². The van der Waals surface area contributed by atoms with Gasteiger partial charge in [0.2, 0.25) is 0 Å². The fraction of sp³-hybridized carbons (Fsp3) is 0.450. The maximum atomic E-state index is 12.7. The van der Waals surface area contributed by atoms with Crippen molar-refractivity contribution in [1.82, 2.24) is 9.88 Å². The standard InChI is InChI=1S/C20H26N4O5/c1-4-29-20(27)24-9-7-23(8-10-24)12-16(25)22-17-14-11-13(2)5-6-15(14)21-18(17)19(26)28-3/h5-6,11,21H,4,7-10,12H2,1-3H3,(H,22,25)/p+1. The summed E-state index contributed by atoms with van der Waals surface area (Å²) in [6.45, 7) is 6.71. The van der Waals surface area contributed by atoms with Gasteiger partial charge in [0.05, 0.1) is 45.6 Å². The molecular weight excluding hydrogens is 376 g/mol. The number of carbonyl (C=O) groups is 3. The largest absolute Gasteiger partial charge is 0.464 e. The number of methoxy groups -OCH3 is 1. The average molecular weight is 403 g/mol. The molecule has 0 spiro atoms. The van der Waals surface area contributed by atoms with E-state index in [9.17, 15) is 14.4 Å². The maximum Gasteiger partial charge on any atom is 0.410 e. The van der Waals surface area contributed by atoms with Crippen molar-refractivity contribution >= 4 is 34.6 Å². The number of anilines is 1. The Morgan fingerprint density at radius 1 is 1.24 bits per heavy atom.